The minimum absolute atomic E-state index is 0.00411. The monoisotopic (exact) mass is 320 g/mol. The molecular formula is C15H17ClN4O2. The third kappa shape index (κ3) is 2.02. The van der Waals surface area contributed by atoms with E-state index in [1.807, 2.05) is 6.07 Å². The number of nitrogens with two attached hydrogens (primary N) is 1. The van der Waals surface area contributed by atoms with Crippen LogP contribution in [0.15, 0.2) is 18.3 Å². The van der Waals surface area contributed by atoms with Crippen LogP contribution in [0.1, 0.15) is 18.4 Å². The van der Waals surface area contributed by atoms with Gasteiger partial charge in [0.05, 0.1) is 23.9 Å². The number of nitrogens with zero attached hydrogens (tertiary/aromatic N) is 1. The van der Waals surface area contributed by atoms with Crippen molar-refractivity contribution in [3.63, 3.8) is 0 Å². The van der Waals surface area contributed by atoms with E-state index >= 15 is 0 Å². The van der Waals surface area contributed by atoms with Crippen LogP contribution in [-0.4, -0.2) is 33.8 Å². The number of amides is 1. The Morgan fingerprint density at radius 3 is 2.91 bits per heavy atom. The minimum Gasteiger partial charge on any atom is -0.385 e. The number of H-pyrrole nitrogens is 1. The van der Waals surface area contributed by atoms with Gasteiger partial charge in [-0.3, -0.25) is 9.89 Å². The molecule has 4 rings (SSSR count). The van der Waals surface area contributed by atoms with Crippen molar-refractivity contribution in [3.05, 3.63) is 28.9 Å². The van der Waals surface area contributed by atoms with Gasteiger partial charge in [-0.25, -0.2) is 0 Å². The summed E-state index contributed by atoms with van der Waals surface area (Å²) in [4.78, 5) is 11.4. The first-order chi connectivity index (χ1) is 10.5. The fourth-order valence-corrected chi connectivity index (χ4v) is 4.16. The molecule has 2 aromatic rings. The van der Waals surface area contributed by atoms with Crippen LogP contribution in [0, 0.1) is 11.8 Å². The predicted octanol–water partition coefficient (Wildman–Crippen LogP) is 0.887. The number of aromatic nitrogens is 2. The second kappa shape index (κ2) is 4.68. The Kier molecular flexibility index (Phi) is 2.98. The van der Waals surface area contributed by atoms with Gasteiger partial charge in [0.1, 0.15) is 0 Å². The summed E-state index contributed by atoms with van der Waals surface area (Å²) in [5.74, 6) is 0.478. The van der Waals surface area contributed by atoms with Gasteiger partial charge < -0.3 is 16.2 Å². The maximum absolute atomic E-state index is 11.4. The number of carbonyl (C=O) groups is 1. The fraction of sp³-hybridized carbons (Fsp3) is 0.467. The quantitative estimate of drug-likeness (QED) is 0.674. The van der Waals surface area contributed by atoms with E-state index in [4.69, 9.17) is 17.3 Å². The van der Waals surface area contributed by atoms with Crippen LogP contribution in [-0.2, 0) is 10.4 Å². The molecular weight excluding hydrogens is 304 g/mol. The average molecular weight is 321 g/mol. The SMILES string of the molecule is NCC(=O)N[C@H]1[C@@H]2C[C@@](O)(c3cc(Cl)cc4[nH]ncc34)C[C@@H]21. The van der Waals surface area contributed by atoms with E-state index in [2.05, 4.69) is 15.5 Å². The summed E-state index contributed by atoms with van der Waals surface area (Å²) in [6.45, 7) is 0.00411. The highest BCUT2D eigenvalue weighted by Crippen LogP contribution is 2.60. The van der Waals surface area contributed by atoms with Crippen molar-refractivity contribution in [2.45, 2.75) is 24.5 Å². The van der Waals surface area contributed by atoms with Crippen molar-refractivity contribution in [3.8, 4) is 0 Å². The normalized spacial score (nSPS) is 33.0. The molecule has 116 valence electrons. The van der Waals surface area contributed by atoms with E-state index in [-0.39, 0.29) is 18.5 Å². The van der Waals surface area contributed by atoms with Gasteiger partial charge in [-0.15, -0.1) is 0 Å². The maximum Gasteiger partial charge on any atom is 0.233 e. The smallest absolute Gasteiger partial charge is 0.233 e. The Bertz CT molecular complexity index is 747. The van der Waals surface area contributed by atoms with Gasteiger partial charge in [-0.05, 0) is 42.4 Å². The topological polar surface area (TPSA) is 104 Å². The Labute approximate surface area is 132 Å². The largest absolute Gasteiger partial charge is 0.385 e. The van der Waals surface area contributed by atoms with Crippen LogP contribution in [0.2, 0.25) is 5.02 Å². The lowest BCUT2D eigenvalue weighted by Crippen LogP contribution is -2.36. The molecule has 0 radical (unpaired) electrons. The van der Waals surface area contributed by atoms with Crippen LogP contribution < -0.4 is 11.1 Å². The average Bonchev–Trinajstić information content (AvgIpc) is 2.86. The molecule has 6 nitrogen and oxygen atoms in total. The first-order valence-corrected chi connectivity index (χ1v) is 7.74. The summed E-state index contributed by atoms with van der Waals surface area (Å²) >= 11 is 6.16. The molecule has 0 aliphatic heterocycles. The number of rotatable bonds is 3. The number of aromatic amines is 1. The molecule has 1 aromatic carbocycles. The zero-order valence-electron chi connectivity index (χ0n) is 11.8. The summed E-state index contributed by atoms with van der Waals surface area (Å²) in [7, 11) is 0. The third-order valence-electron chi connectivity index (χ3n) is 5.02. The lowest BCUT2D eigenvalue weighted by Gasteiger charge is -2.27. The van der Waals surface area contributed by atoms with Gasteiger partial charge in [0, 0.05) is 16.5 Å². The number of hydrogen-bond donors (Lipinski definition) is 4. The summed E-state index contributed by atoms with van der Waals surface area (Å²) < 4.78 is 0. The summed E-state index contributed by atoms with van der Waals surface area (Å²) in [6, 6.07) is 3.77. The van der Waals surface area contributed by atoms with Gasteiger partial charge in [-0.1, -0.05) is 11.6 Å². The second-order valence-corrected chi connectivity index (χ2v) is 6.79. The zero-order chi connectivity index (χ0) is 15.5. The molecule has 0 bridgehead atoms. The molecule has 1 heterocycles. The molecule has 2 aliphatic carbocycles. The first-order valence-electron chi connectivity index (χ1n) is 7.37. The molecule has 5 N–H and O–H groups in total. The van der Waals surface area contributed by atoms with Crippen molar-refractivity contribution in [1.82, 2.24) is 15.5 Å². The minimum atomic E-state index is -0.910. The van der Waals surface area contributed by atoms with Crippen molar-refractivity contribution in [2.75, 3.05) is 6.54 Å². The summed E-state index contributed by atoms with van der Waals surface area (Å²) in [6.07, 6.45) is 2.96. The lowest BCUT2D eigenvalue weighted by atomic mass is 9.86. The number of fused-ring (bicyclic) bond motifs is 2. The molecule has 2 fully saturated rings. The molecule has 0 unspecified atom stereocenters. The fourth-order valence-electron chi connectivity index (χ4n) is 3.94. The van der Waals surface area contributed by atoms with Crippen molar-refractivity contribution in [1.29, 1.82) is 0 Å². The Morgan fingerprint density at radius 1 is 1.50 bits per heavy atom. The van der Waals surface area contributed by atoms with Crippen molar-refractivity contribution < 1.29 is 9.90 Å². The molecule has 22 heavy (non-hydrogen) atoms. The lowest BCUT2D eigenvalue weighted by molar-refractivity contribution is -0.120. The van der Waals surface area contributed by atoms with Crippen LogP contribution in [0.25, 0.3) is 10.9 Å². The molecule has 2 saturated carbocycles. The number of nitrogens with one attached hydrogen (secondary N) is 2. The molecule has 0 saturated heterocycles. The number of carbonyl (C=O) groups excluding carboxylic acids is 1. The van der Waals surface area contributed by atoms with Crippen LogP contribution in [0.4, 0.5) is 0 Å². The van der Waals surface area contributed by atoms with E-state index < -0.39 is 5.60 Å². The van der Waals surface area contributed by atoms with Crippen molar-refractivity contribution >= 4 is 28.4 Å². The second-order valence-electron chi connectivity index (χ2n) is 6.35. The standard InChI is InChI=1S/C15H17ClN4O2/c16-7-1-11(10-6-18-20-12(10)2-7)15(22)3-8-9(4-15)14(8)19-13(21)5-17/h1-2,6,8-9,14,22H,3-5,17H2,(H,18,20)(H,19,21)/t8-,9+,14+,15+. The Balaban J connectivity index is 1.60. The molecule has 1 aromatic heterocycles. The predicted molar refractivity (Wildman–Crippen MR) is 82.2 cm³/mol. The number of benzene rings is 1. The summed E-state index contributed by atoms with van der Waals surface area (Å²) in [5, 5.41) is 22.4. The number of halogens is 1. The molecule has 7 heteroatoms. The van der Waals surface area contributed by atoms with E-state index in [9.17, 15) is 9.90 Å². The molecule has 2 aliphatic rings. The van der Waals surface area contributed by atoms with Crippen LogP contribution in [0.5, 0.6) is 0 Å². The van der Waals surface area contributed by atoms with E-state index in [0.29, 0.717) is 29.7 Å². The highest BCUT2D eigenvalue weighted by atomic mass is 35.5. The number of hydrogen-bond acceptors (Lipinski definition) is 4. The van der Waals surface area contributed by atoms with Gasteiger partial charge in [0.25, 0.3) is 0 Å². The molecule has 0 spiro atoms. The third-order valence-corrected chi connectivity index (χ3v) is 5.23. The Morgan fingerprint density at radius 2 is 2.23 bits per heavy atom. The number of aliphatic hydroxyl groups is 1. The van der Waals surface area contributed by atoms with Gasteiger partial charge >= 0.3 is 0 Å². The van der Waals surface area contributed by atoms with E-state index in [0.717, 1.165) is 16.5 Å². The zero-order valence-corrected chi connectivity index (χ0v) is 12.6. The van der Waals surface area contributed by atoms with Crippen molar-refractivity contribution in [2.24, 2.45) is 17.6 Å². The molecule has 4 atom stereocenters. The Hall–Kier alpha value is -1.63. The first kappa shape index (κ1) is 14.0. The van der Waals surface area contributed by atoms with Gasteiger partial charge in [0.15, 0.2) is 0 Å². The maximum atomic E-state index is 11.4. The highest BCUT2D eigenvalue weighted by molar-refractivity contribution is 6.31. The van der Waals surface area contributed by atoms with Crippen LogP contribution in [0.3, 0.4) is 0 Å². The van der Waals surface area contributed by atoms with Gasteiger partial charge in [-0.2, -0.15) is 5.10 Å². The van der Waals surface area contributed by atoms with E-state index in [1.54, 1.807) is 12.3 Å². The van der Waals surface area contributed by atoms with E-state index in [1.165, 1.54) is 0 Å². The summed E-state index contributed by atoms with van der Waals surface area (Å²) in [5.41, 5.74) is 6.06. The molecule has 1 amide bonds. The van der Waals surface area contributed by atoms with Crippen LogP contribution >= 0.6 is 11.6 Å². The highest BCUT2D eigenvalue weighted by Gasteiger charge is 2.62. The van der Waals surface area contributed by atoms with Gasteiger partial charge in [0.2, 0.25) is 5.91 Å².